The number of H-pyrrole nitrogens is 1. The molecule has 5 heteroatoms. The van der Waals surface area contributed by atoms with Gasteiger partial charge in [0.1, 0.15) is 5.82 Å². The van der Waals surface area contributed by atoms with Crippen molar-refractivity contribution in [1.82, 2.24) is 9.97 Å². The number of aromatic nitrogens is 2. The molecule has 2 aromatic rings. The Morgan fingerprint density at radius 2 is 2.00 bits per heavy atom. The first-order valence-electron chi connectivity index (χ1n) is 5.74. The second kappa shape index (κ2) is 4.14. The molecule has 1 aliphatic carbocycles. The zero-order chi connectivity index (χ0) is 12.7. The largest absolute Gasteiger partial charge is 0.476 e. The van der Waals surface area contributed by atoms with Gasteiger partial charge in [0.2, 0.25) is 0 Å². The maximum Gasteiger partial charge on any atom is 0.356 e. The molecule has 0 spiro atoms. The zero-order valence-corrected chi connectivity index (χ0v) is 10.2. The van der Waals surface area contributed by atoms with Gasteiger partial charge in [-0.15, -0.1) is 0 Å². The molecule has 1 aliphatic rings. The third-order valence-corrected chi connectivity index (χ3v) is 3.29. The number of rotatable bonds is 3. The molecule has 0 amide bonds. The van der Waals surface area contributed by atoms with Crippen LogP contribution in [0, 0.1) is 0 Å². The molecule has 0 saturated heterocycles. The van der Waals surface area contributed by atoms with Crippen molar-refractivity contribution in [3.63, 3.8) is 0 Å². The van der Waals surface area contributed by atoms with E-state index in [9.17, 15) is 4.79 Å². The van der Waals surface area contributed by atoms with E-state index in [4.69, 9.17) is 16.7 Å². The van der Waals surface area contributed by atoms with Crippen molar-refractivity contribution < 1.29 is 9.90 Å². The Labute approximate surface area is 109 Å². The first-order valence-corrected chi connectivity index (χ1v) is 6.12. The number of aromatic amines is 1. The molecular formula is C13H11ClN2O2. The molecule has 0 aliphatic heterocycles. The van der Waals surface area contributed by atoms with Crippen LogP contribution in [-0.2, 0) is 0 Å². The lowest BCUT2D eigenvalue weighted by Crippen LogP contribution is -2.00. The summed E-state index contributed by atoms with van der Waals surface area (Å²) in [7, 11) is 0. The molecule has 2 N–H and O–H groups in total. The summed E-state index contributed by atoms with van der Waals surface area (Å²) in [6.07, 6.45) is 2.06. The Bertz CT molecular complexity index is 600. The quantitative estimate of drug-likeness (QED) is 0.892. The van der Waals surface area contributed by atoms with E-state index < -0.39 is 5.97 Å². The van der Waals surface area contributed by atoms with Crippen molar-refractivity contribution in [3.8, 4) is 11.4 Å². The lowest BCUT2D eigenvalue weighted by Gasteiger charge is -1.96. The van der Waals surface area contributed by atoms with Crippen LogP contribution in [-0.4, -0.2) is 21.0 Å². The van der Waals surface area contributed by atoms with Crippen LogP contribution in [0.15, 0.2) is 24.3 Å². The van der Waals surface area contributed by atoms with Gasteiger partial charge in [-0.1, -0.05) is 11.6 Å². The summed E-state index contributed by atoms with van der Waals surface area (Å²) in [5.74, 6) is -0.0658. The normalized spacial score (nSPS) is 14.7. The SMILES string of the molecule is O=C(O)c1nc(-c2ccc(Cl)cc2)[nH]c1C1CC1. The van der Waals surface area contributed by atoms with E-state index in [2.05, 4.69) is 9.97 Å². The van der Waals surface area contributed by atoms with E-state index in [1.807, 2.05) is 12.1 Å². The third kappa shape index (κ3) is 1.99. The fraction of sp³-hybridized carbons (Fsp3) is 0.231. The number of nitrogens with one attached hydrogen (secondary N) is 1. The van der Waals surface area contributed by atoms with Gasteiger partial charge in [0, 0.05) is 16.5 Å². The molecule has 0 atom stereocenters. The van der Waals surface area contributed by atoms with Gasteiger partial charge in [-0.05, 0) is 37.1 Å². The number of hydrogen-bond donors (Lipinski definition) is 2. The highest BCUT2D eigenvalue weighted by molar-refractivity contribution is 6.30. The highest BCUT2D eigenvalue weighted by Crippen LogP contribution is 2.41. The first-order chi connectivity index (χ1) is 8.65. The molecule has 18 heavy (non-hydrogen) atoms. The second-order valence-corrected chi connectivity index (χ2v) is 4.87. The van der Waals surface area contributed by atoms with Crippen molar-refractivity contribution >= 4 is 17.6 Å². The van der Waals surface area contributed by atoms with Crippen LogP contribution in [0.3, 0.4) is 0 Å². The van der Waals surface area contributed by atoms with Gasteiger partial charge >= 0.3 is 5.97 Å². The molecule has 0 unspecified atom stereocenters. The molecule has 1 aromatic heterocycles. The number of hydrogen-bond acceptors (Lipinski definition) is 2. The van der Waals surface area contributed by atoms with E-state index >= 15 is 0 Å². The number of carboxylic acids is 1. The summed E-state index contributed by atoms with van der Waals surface area (Å²) < 4.78 is 0. The second-order valence-electron chi connectivity index (χ2n) is 4.43. The summed E-state index contributed by atoms with van der Waals surface area (Å²) in [6, 6.07) is 7.17. The summed E-state index contributed by atoms with van der Waals surface area (Å²) in [5.41, 5.74) is 1.73. The Hall–Kier alpha value is -1.81. The highest BCUT2D eigenvalue weighted by Gasteiger charge is 2.31. The molecule has 0 bridgehead atoms. The maximum atomic E-state index is 11.1. The van der Waals surface area contributed by atoms with Crippen molar-refractivity contribution in [1.29, 1.82) is 0 Å². The van der Waals surface area contributed by atoms with Gasteiger partial charge in [-0.3, -0.25) is 0 Å². The lowest BCUT2D eigenvalue weighted by atomic mass is 10.2. The minimum absolute atomic E-state index is 0.141. The highest BCUT2D eigenvalue weighted by atomic mass is 35.5. The first kappa shape index (κ1) is 11.3. The lowest BCUT2D eigenvalue weighted by molar-refractivity contribution is 0.0690. The van der Waals surface area contributed by atoms with Gasteiger partial charge in [-0.2, -0.15) is 0 Å². The van der Waals surface area contributed by atoms with Crippen molar-refractivity contribution in [2.75, 3.05) is 0 Å². The number of nitrogens with zero attached hydrogens (tertiary/aromatic N) is 1. The molecule has 92 valence electrons. The van der Waals surface area contributed by atoms with Crippen molar-refractivity contribution in [2.24, 2.45) is 0 Å². The van der Waals surface area contributed by atoms with Crippen LogP contribution in [0.25, 0.3) is 11.4 Å². The molecule has 1 aromatic carbocycles. The van der Waals surface area contributed by atoms with Crippen LogP contribution in [0.1, 0.15) is 34.9 Å². The number of halogens is 1. The third-order valence-electron chi connectivity index (χ3n) is 3.04. The Kier molecular flexibility index (Phi) is 2.59. The van der Waals surface area contributed by atoms with Crippen molar-refractivity contribution in [3.05, 3.63) is 40.7 Å². The van der Waals surface area contributed by atoms with Crippen LogP contribution in [0.4, 0.5) is 0 Å². The number of benzene rings is 1. The molecule has 1 fully saturated rings. The zero-order valence-electron chi connectivity index (χ0n) is 9.48. The van der Waals surface area contributed by atoms with Crippen LogP contribution in [0.2, 0.25) is 5.02 Å². The molecule has 3 rings (SSSR count). The molecule has 1 saturated carbocycles. The Morgan fingerprint density at radius 3 is 2.56 bits per heavy atom. The standard InChI is InChI=1S/C13H11ClN2O2/c14-9-5-3-8(4-6-9)12-15-10(7-1-2-7)11(16-12)13(17)18/h3-7H,1-2H2,(H,15,16)(H,17,18). The maximum absolute atomic E-state index is 11.1. The fourth-order valence-electron chi connectivity index (χ4n) is 1.96. The minimum Gasteiger partial charge on any atom is -0.476 e. The summed E-state index contributed by atoms with van der Waals surface area (Å²) in [4.78, 5) is 18.4. The van der Waals surface area contributed by atoms with Gasteiger partial charge < -0.3 is 10.1 Å². The average Bonchev–Trinajstić information content (AvgIpc) is 3.09. The van der Waals surface area contributed by atoms with E-state index in [0.29, 0.717) is 16.8 Å². The molecule has 1 heterocycles. The smallest absolute Gasteiger partial charge is 0.356 e. The minimum atomic E-state index is -0.978. The topological polar surface area (TPSA) is 66.0 Å². The number of carboxylic acid groups (broad SMARTS) is 1. The van der Waals surface area contributed by atoms with E-state index in [1.165, 1.54) is 0 Å². The number of imidazole rings is 1. The van der Waals surface area contributed by atoms with Crippen LogP contribution >= 0.6 is 11.6 Å². The van der Waals surface area contributed by atoms with Crippen LogP contribution in [0.5, 0.6) is 0 Å². The monoisotopic (exact) mass is 262 g/mol. The summed E-state index contributed by atoms with van der Waals surface area (Å²) in [6.45, 7) is 0. The van der Waals surface area contributed by atoms with Crippen LogP contribution < -0.4 is 0 Å². The Morgan fingerprint density at radius 1 is 1.33 bits per heavy atom. The van der Waals surface area contributed by atoms with Gasteiger partial charge in [0.25, 0.3) is 0 Å². The van der Waals surface area contributed by atoms with E-state index in [0.717, 1.165) is 24.1 Å². The summed E-state index contributed by atoms with van der Waals surface area (Å²) in [5, 5.41) is 9.79. The van der Waals surface area contributed by atoms with E-state index in [-0.39, 0.29) is 5.69 Å². The van der Waals surface area contributed by atoms with Crippen molar-refractivity contribution in [2.45, 2.75) is 18.8 Å². The predicted molar refractivity (Wildman–Crippen MR) is 68.0 cm³/mol. The number of carbonyl (C=O) groups is 1. The van der Waals surface area contributed by atoms with E-state index in [1.54, 1.807) is 12.1 Å². The molecule has 4 nitrogen and oxygen atoms in total. The summed E-state index contributed by atoms with van der Waals surface area (Å²) >= 11 is 5.82. The van der Waals surface area contributed by atoms with Gasteiger partial charge in [0.05, 0.1) is 5.69 Å². The number of aromatic carboxylic acids is 1. The molecular weight excluding hydrogens is 252 g/mol. The predicted octanol–water partition coefficient (Wildman–Crippen LogP) is 3.31. The van der Waals surface area contributed by atoms with Gasteiger partial charge in [-0.25, -0.2) is 9.78 Å². The average molecular weight is 263 g/mol. The fourth-order valence-corrected chi connectivity index (χ4v) is 2.09. The molecule has 0 radical (unpaired) electrons. The Balaban J connectivity index is 2.04. The van der Waals surface area contributed by atoms with Gasteiger partial charge in [0.15, 0.2) is 5.69 Å².